The van der Waals surface area contributed by atoms with Crippen molar-refractivity contribution in [2.24, 2.45) is 0 Å². The van der Waals surface area contributed by atoms with E-state index >= 15 is 0 Å². The molecule has 2 aromatic heterocycles. The Kier molecular flexibility index (Phi) is 5.94. The monoisotopic (exact) mass is 425 g/mol. The van der Waals surface area contributed by atoms with E-state index in [0.717, 1.165) is 17.7 Å². The normalized spacial score (nSPS) is 10.8. The summed E-state index contributed by atoms with van der Waals surface area (Å²) in [6.45, 7) is 3.75. The van der Waals surface area contributed by atoms with Crippen LogP contribution in [0.25, 0.3) is 11.0 Å². The molecule has 0 fully saturated rings. The molecule has 4 rings (SSSR count). The van der Waals surface area contributed by atoms with Crippen LogP contribution >= 0.6 is 0 Å². The molecule has 0 radical (unpaired) electrons. The molecule has 1 N–H and O–H groups in total. The number of ketones is 1. The van der Waals surface area contributed by atoms with E-state index in [4.69, 9.17) is 0 Å². The number of nitrogens with one attached hydrogen (secondary N) is 1. The lowest BCUT2D eigenvalue weighted by molar-refractivity contribution is -0.116. The minimum atomic E-state index is -0.394. The Labute approximate surface area is 185 Å². The summed E-state index contributed by atoms with van der Waals surface area (Å²) in [5.41, 5.74) is 2.89. The number of benzene rings is 2. The van der Waals surface area contributed by atoms with Gasteiger partial charge in [-0.1, -0.05) is 55.5 Å². The van der Waals surface area contributed by atoms with Crippen LogP contribution in [-0.2, 0) is 17.8 Å². The molecule has 1 amide bonds. The molecule has 4 aromatic rings. The van der Waals surface area contributed by atoms with Gasteiger partial charge in [-0.15, -0.1) is 0 Å². The van der Waals surface area contributed by atoms with Crippen molar-refractivity contribution in [3.05, 3.63) is 106 Å². The van der Waals surface area contributed by atoms with E-state index in [9.17, 15) is 14.4 Å². The van der Waals surface area contributed by atoms with Crippen LogP contribution in [0.4, 0.5) is 5.69 Å². The molecule has 0 unspecified atom stereocenters. The summed E-state index contributed by atoms with van der Waals surface area (Å²) in [5.74, 6) is -0.652. The lowest BCUT2D eigenvalue weighted by Crippen LogP contribution is -2.25. The highest BCUT2D eigenvalue weighted by molar-refractivity contribution is 6.10. The third kappa shape index (κ3) is 4.21. The summed E-state index contributed by atoms with van der Waals surface area (Å²) in [6.07, 6.45) is 2.23. The summed E-state index contributed by atoms with van der Waals surface area (Å²) < 4.78 is 1.57. The standard InChI is InChI=1S/C26H23N3O3/c1-3-18-9-7-8-12-22(18)28-23(30)16-29-15-21(24(31)19-10-5-4-6-11-19)25(32)20-14-13-17(2)27-26(20)29/h4-15H,3,16H2,1-2H3,(H,28,30). The SMILES string of the molecule is CCc1ccccc1NC(=O)Cn1cc(C(=O)c2ccccc2)c(=O)c2ccc(C)nc21. The summed E-state index contributed by atoms with van der Waals surface area (Å²) in [4.78, 5) is 43.5. The van der Waals surface area contributed by atoms with Crippen LogP contribution in [-0.4, -0.2) is 21.2 Å². The maximum Gasteiger partial charge on any atom is 0.244 e. The van der Waals surface area contributed by atoms with Gasteiger partial charge in [0.15, 0.2) is 5.78 Å². The van der Waals surface area contributed by atoms with Crippen LogP contribution in [0.5, 0.6) is 0 Å². The molecule has 2 aromatic carbocycles. The average Bonchev–Trinajstić information content (AvgIpc) is 2.81. The minimum Gasteiger partial charge on any atom is -0.324 e. The number of aromatic nitrogens is 2. The number of aryl methyl sites for hydroxylation is 2. The molecule has 0 saturated carbocycles. The van der Waals surface area contributed by atoms with Gasteiger partial charge in [0.1, 0.15) is 12.2 Å². The Morgan fingerprint density at radius 1 is 0.969 bits per heavy atom. The molecule has 0 aliphatic heterocycles. The second-order valence-corrected chi connectivity index (χ2v) is 7.58. The van der Waals surface area contributed by atoms with E-state index in [2.05, 4.69) is 10.3 Å². The minimum absolute atomic E-state index is 0.0103. The topological polar surface area (TPSA) is 81.1 Å². The predicted octanol–water partition coefficient (Wildman–Crippen LogP) is 4.14. The summed E-state index contributed by atoms with van der Waals surface area (Å²) in [6, 6.07) is 19.6. The lowest BCUT2D eigenvalue weighted by Gasteiger charge is -2.14. The van der Waals surface area contributed by atoms with Gasteiger partial charge in [0.05, 0.1) is 10.9 Å². The molecule has 0 atom stereocenters. The molecular weight excluding hydrogens is 402 g/mol. The van der Waals surface area contributed by atoms with Crippen molar-refractivity contribution in [2.45, 2.75) is 26.8 Å². The molecule has 0 aliphatic rings. The maximum atomic E-state index is 13.1. The van der Waals surface area contributed by atoms with Crippen LogP contribution < -0.4 is 10.7 Å². The van der Waals surface area contributed by atoms with Crippen molar-refractivity contribution >= 4 is 28.4 Å². The number of pyridine rings is 2. The first kappa shape index (κ1) is 21.2. The van der Waals surface area contributed by atoms with Crippen LogP contribution in [0.2, 0.25) is 0 Å². The van der Waals surface area contributed by atoms with Gasteiger partial charge in [-0.05, 0) is 37.1 Å². The van der Waals surface area contributed by atoms with Crippen LogP contribution in [0.1, 0.15) is 34.1 Å². The number of nitrogens with zero attached hydrogens (tertiary/aromatic N) is 2. The number of hydrogen-bond acceptors (Lipinski definition) is 4. The fourth-order valence-electron chi connectivity index (χ4n) is 3.68. The smallest absolute Gasteiger partial charge is 0.244 e. The van der Waals surface area contributed by atoms with E-state index in [1.54, 1.807) is 47.0 Å². The Morgan fingerprint density at radius 3 is 2.44 bits per heavy atom. The molecule has 160 valence electrons. The Morgan fingerprint density at radius 2 is 1.69 bits per heavy atom. The zero-order valence-electron chi connectivity index (χ0n) is 18.0. The van der Waals surface area contributed by atoms with Gasteiger partial charge in [0.25, 0.3) is 0 Å². The number of amides is 1. The third-order valence-electron chi connectivity index (χ3n) is 5.33. The molecular formula is C26H23N3O3. The number of fused-ring (bicyclic) bond motifs is 1. The molecule has 6 nitrogen and oxygen atoms in total. The van der Waals surface area contributed by atoms with Gasteiger partial charge in [-0.3, -0.25) is 14.4 Å². The van der Waals surface area contributed by atoms with Crippen molar-refractivity contribution in [3.63, 3.8) is 0 Å². The van der Waals surface area contributed by atoms with Crippen molar-refractivity contribution in [3.8, 4) is 0 Å². The van der Waals surface area contributed by atoms with Gasteiger partial charge < -0.3 is 9.88 Å². The van der Waals surface area contributed by atoms with Crippen molar-refractivity contribution < 1.29 is 9.59 Å². The van der Waals surface area contributed by atoms with Gasteiger partial charge in [-0.2, -0.15) is 0 Å². The fraction of sp³-hybridized carbons (Fsp3) is 0.154. The Bertz CT molecular complexity index is 1370. The number of carbonyl (C=O) groups excluding carboxylic acids is 2. The quantitative estimate of drug-likeness (QED) is 0.471. The van der Waals surface area contributed by atoms with E-state index in [-0.39, 0.29) is 23.8 Å². The molecule has 0 saturated heterocycles. The van der Waals surface area contributed by atoms with Gasteiger partial charge in [0, 0.05) is 23.1 Å². The van der Waals surface area contributed by atoms with E-state index in [1.807, 2.05) is 38.1 Å². The molecule has 6 heteroatoms. The second-order valence-electron chi connectivity index (χ2n) is 7.58. The molecule has 0 aliphatic carbocycles. The second kappa shape index (κ2) is 8.98. The maximum absolute atomic E-state index is 13.1. The zero-order chi connectivity index (χ0) is 22.7. The Hall–Kier alpha value is -4.06. The van der Waals surface area contributed by atoms with Gasteiger partial charge >= 0.3 is 0 Å². The number of rotatable bonds is 6. The number of anilines is 1. The van der Waals surface area contributed by atoms with Crippen molar-refractivity contribution in [2.75, 3.05) is 5.32 Å². The first-order chi connectivity index (χ1) is 15.5. The molecule has 0 spiro atoms. The first-order valence-corrected chi connectivity index (χ1v) is 10.5. The average molecular weight is 425 g/mol. The molecule has 0 bridgehead atoms. The molecule has 2 heterocycles. The highest BCUT2D eigenvalue weighted by Crippen LogP contribution is 2.17. The lowest BCUT2D eigenvalue weighted by atomic mass is 10.0. The van der Waals surface area contributed by atoms with Crippen LogP contribution in [0.15, 0.2) is 77.7 Å². The van der Waals surface area contributed by atoms with E-state index in [1.165, 1.54) is 6.20 Å². The highest BCUT2D eigenvalue weighted by Gasteiger charge is 2.19. The van der Waals surface area contributed by atoms with Crippen molar-refractivity contribution in [1.29, 1.82) is 0 Å². The fourth-order valence-corrected chi connectivity index (χ4v) is 3.68. The van der Waals surface area contributed by atoms with Crippen LogP contribution in [0, 0.1) is 6.92 Å². The Balaban J connectivity index is 1.77. The summed E-state index contributed by atoms with van der Waals surface area (Å²) in [5, 5.41) is 3.24. The number of hydrogen-bond donors (Lipinski definition) is 1. The predicted molar refractivity (Wildman–Crippen MR) is 125 cm³/mol. The van der Waals surface area contributed by atoms with Crippen LogP contribution in [0.3, 0.4) is 0 Å². The summed E-state index contributed by atoms with van der Waals surface area (Å²) >= 11 is 0. The highest BCUT2D eigenvalue weighted by atomic mass is 16.2. The first-order valence-electron chi connectivity index (χ1n) is 10.5. The molecule has 32 heavy (non-hydrogen) atoms. The van der Waals surface area contributed by atoms with Crippen molar-refractivity contribution in [1.82, 2.24) is 9.55 Å². The van der Waals surface area contributed by atoms with E-state index in [0.29, 0.717) is 22.3 Å². The number of para-hydroxylation sites is 1. The third-order valence-corrected chi connectivity index (χ3v) is 5.33. The van der Waals surface area contributed by atoms with Gasteiger partial charge in [-0.25, -0.2) is 4.98 Å². The van der Waals surface area contributed by atoms with E-state index < -0.39 is 5.43 Å². The zero-order valence-corrected chi connectivity index (χ0v) is 18.0. The summed E-state index contributed by atoms with van der Waals surface area (Å²) in [7, 11) is 0. The van der Waals surface area contributed by atoms with Gasteiger partial charge in [0.2, 0.25) is 11.3 Å². The largest absolute Gasteiger partial charge is 0.324 e. The number of carbonyl (C=O) groups is 2.